The molecule has 32 heavy (non-hydrogen) atoms. The Kier molecular flexibility index (Phi) is 5.94. The predicted molar refractivity (Wildman–Crippen MR) is 113 cm³/mol. The SMILES string of the molecule is O=C(Nc1cnn(Cc2cccc(C(F)(F)F)c2)c1)c1cc(-c2ccc(Cl)cc2Cl)on1. The van der Waals surface area contributed by atoms with Gasteiger partial charge in [-0.05, 0) is 35.9 Å². The van der Waals surface area contributed by atoms with E-state index < -0.39 is 17.6 Å². The number of carbonyl (C=O) groups is 1. The zero-order valence-corrected chi connectivity index (χ0v) is 17.5. The highest BCUT2D eigenvalue weighted by Gasteiger charge is 2.30. The molecule has 2 aromatic heterocycles. The van der Waals surface area contributed by atoms with Crippen molar-refractivity contribution in [2.75, 3.05) is 5.32 Å². The Morgan fingerprint density at radius 2 is 1.94 bits per heavy atom. The molecule has 0 aliphatic rings. The summed E-state index contributed by atoms with van der Waals surface area (Å²) in [5, 5.41) is 11.2. The first-order chi connectivity index (χ1) is 15.2. The topological polar surface area (TPSA) is 73.0 Å². The van der Waals surface area contributed by atoms with Gasteiger partial charge in [-0.2, -0.15) is 18.3 Å². The van der Waals surface area contributed by atoms with Crippen LogP contribution in [0.3, 0.4) is 0 Å². The highest BCUT2D eigenvalue weighted by molar-refractivity contribution is 6.36. The maximum absolute atomic E-state index is 12.9. The van der Waals surface area contributed by atoms with Gasteiger partial charge in [0, 0.05) is 22.8 Å². The third-order valence-corrected chi connectivity index (χ3v) is 4.98. The van der Waals surface area contributed by atoms with Gasteiger partial charge in [-0.15, -0.1) is 0 Å². The molecule has 1 N–H and O–H groups in total. The number of aromatic nitrogens is 3. The van der Waals surface area contributed by atoms with E-state index in [0.29, 0.717) is 26.9 Å². The molecule has 4 aromatic rings. The molecular weight excluding hydrogens is 468 g/mol. The highest BCUT2D eigenvalue weighted by Crippen LogP contribution is 2.31. The van der Waals surface area contributed by atoms with Crippen LogP contribution in [0.25, 0.3) is 11.3 Å². The lowest BCUT2D eigenvalue weighted by molar-refractivity contribution is -0.137. The van der Waals surface area contributed by atoms with E-state index in [9.17, 15) is 18.0 Å². The fourth-order valence-electron chi connectivity index (χ4n) is 2.94. The average Bonchev–Trinajstić information content (AvgIpc) is 3.37. The summed E-state index contributed by atoms with van der Waals surface area (Å²) < 4.78 is 45.2. The van der Waals surface area contributed by atoms with E-state index in [1.165, 1.54) is 29.2 Å². The number of hydrogen-bond donors (Lipinski definition) is 1. The fourth-order valence-corrected chi connectivity index (χ4v) is 3.44. The average molecular weight is 481 g/mol. The van der Waals surface area contributed by atoms with Gasteiger partial charge in [-0.1, -0.05) is 40.5 Å². The van der Waals surface area contributed by atoms with Gasteiger partial charge in [-0.3, -0.25) is 9.48 Å². The van der Waals surface area contributed by atoms with Crippen LogP contribution in [0.2, 0.25) is 10.0 Å². The quantitative estimate of drug-likeness (QED) is 0.371. The van der Waals surface area contributed by atoms with E-state index in [1.54, 1.807) is 24.3 Å². The van der Waals surface area contributed by atoms with Gasteiger partial charge < -0.3 is 9.84 Å². The van der Waals surface area contributed by atoms with E-state index in [0.717, 1.165) is 12.1 Å². The Hall–Kier alpha value is -3.30. The fraction of sp³-hybridized carbons (Fsp3) is 0.0952. The van der Waals surface area contributed by atoms with Gasteiger partial charge in [0.05, 0.1) is 29.0 Å². The van der Waals surface area contributed by atoms with Crippen molar-refractivity contribution in [1.29, 1.82) is 0 Å². The molecule has 0 aliphatic heterocycles. The second-order valence-electron chi connectivity index (χ2n) is 6.78. The summed E-state index contributed by atoms with van der Waals surface area (Å²) in [6, 6.07) is 11.2. The molecule has 4 rings (SSSR count). The number of rotatable bonds is 5. The normalized spacial score (nSPS) is 11.5. The lowest BCUT2D eigenvalue weighted by Gasteiger charge is -2.08. The first kappa shape index (κ1) is 21.9. The van der Waals surface area contributed by atoms with Crippen LogP contribution in [0.5, 0.6) is 0 Å². The van der Waals surface area contributed by atoms with Crippen molar-refractivity contribution in [3.05, 3.63) is 87.8 Å². The maximum atomic E-state index is 12.9. The van der Waals surface area contributed by atoms with E-state index in [1.807, 2.05) is 0 Å². The van der Waals surface area contributed by atoms with E-state index in [4.69, 9.17) is 27.7 Å². The minimum absolute atomic E-state index is 0.0108. The molecule has 164 valence electrons. The Bertz CT molecular complexity index is 1280. The van der Waals surface area contributed by atoms with E-state index in [2.05, 4.69) is 15.6 Å². The van der Waals surface area contributed by atoms with Crippen LogP contribution in [0, 0.1) is 0 Å². The molecule has 0 spiro atoms. The summed E-state index contributed by atoms with van der Waals surface area (Å²) in [7, 11) is 0. The number of benzene rings is 2. The summed E-state index contributed by atoms with van der Waals surface area (Å²) >= 11 is 12.0. The number of nitrogens with one attached hydrogen (secondary N) is 1. The molecule has 0 bridgehead atoms. The number of hydrogen-bond acceptors (Lipinski definition) is 4. The molecule has 2 heterocycles. The van der Waals surface area contributed by atoms with Crippen molar-refractivity contribution in [2.24, 2.45) is 0 Å². The van der Waals surface area contributed by atoms with Crippen molar-refractivity contribution in [3.8, 4) is 11.3 Å². The zero-order valence-electron chi connectivity index (χ0n) is 16.0. The Balaban J connectivity index is 1.44. The van der Waals surface area contributed by atoms with Gasteiger partial charge >= 0.3 is 6.18 Å². The third kappa shape index (κ3) is 4.95. The second kappa shape index (κ2) is 8.68. The molecule has 0 fully saturated rings. The van der Waals surface area contributed by atoms with Crippen molar-refractivity contribution in [2.45, 2.75) is 12.7 Å². The highest BCUT2D eigenvalue weighted by atomic mass is 35.5. The lowest BCUT2D eigenvalue weighted by atomic mass is 10.1. The first-order valence-electron chi connectivity index (χ1n) is 9.11. The zero-order chi connectivity index (χ0) is 22.9. The molecule has 11 heteroatoms. The van der Waals surface area contributed by atoms with Crippen LogP contribution in [0.1, 0.15) is 21.6 Å². The molecule has 0 unspecified atom stereocenters. The Morgan fingerprint density at radius 1 is 1.12 bits per heavy atom. The van der Waals surface area contributed by atoms with E-state index >= 15 is 0 Å². The van der Waals surface area contributed by atoms with Gasteiger partial charge in [-0.25, -0.2) is 0 Å². The van der Waals surface area contributed by atoms with Crippen LogP contribution >= 0.6 is 23.2 Å². The minimum Gasteiger partial charge on any atom is -0.355 e. The van der Waals surface area contributed by atoms with Crippen LogP contribution in [0.15, 0.2) is 65.4 Å². The second-order valence-corrected chi connectivity index (χ2v) is 7.62. The lowest BCUT2D eigenvalue weighted by Crippen LogP contribution is -2.11. The van der Waals surface area contributed by atoms with Gasteiger partial charge in [0.1, 0.15) is 0 Å². The number of alkyl halides is 3. The Labute approximate surface area is 189 Å². The van der Waals surface area contributed by atoms with Crippen LogP contribution in [-0.4, -0.2) is 20.8 Å². The Morgan fingerprint density at radius 3 is 2.69 bits per heavy atom. The number of anilines is 1. The summed E-state index contributed by atoms with van der Waals surface area (Å²) in [4.78, 5) is 12.5. The van der Waals surface area contributed by atoms with E-state index in [-0.39, 0.29) is 18.0 Å². The number of amides is 1. The first-order valence-corrected chi connectivity index (χ1v) is 9.87. The summed E-state index contributed by atoms with van der Waals surface area (Å²) in [5.41, 5.74) is 0.560. The third-order valence-electron chi connectivity index (χ3n) is 4.43. The van der Waals surface area contributed by atoms with Gasteiger partial charge in [0.15, 0.2) is 11.5 Å². The van der Waals surface area contributed by atoms with Crippen LogP contribution < -0.4 is 5.32 Å². The molecule has 0 radical (unpaired) electrons. The van der Waals surface area contributed by atoms with Gasteiger partial charge in [0.25, 0.3) is 5.91 Å². The smallest absolute Gasteiger partial charge is 0.355 e. The molecule has 1 amide bonds. The predicted octanol–water partition coefficient (Wildman–Crippen LogP) is 6.16. The molecule has 2 aromatic carbocycles. The molecule has 0 saturated carbocycles. The molecular formula is C21H13Cl2F3N4O2. The molecule has 0 aliphatic carbocycles. The van der Waals surface area contributed by atoms with Crippen LogP contribution in [-0.2, 0) is 12.7 Å². The molecule has 0 saturated heterocycles. The summed E-state index contributed by atoms with van der Waals surface area (Å²) in [5.74, 6) is -0.263. The number of nitrogens with zero attached hydrogens (tertiary/aromatic N) is 3. The van der Waals surface area contributed by atoms with Gasteiger partial charge in [0.2, 0.25) is 0 Å². The molecule has 6 nitrogen and oxygen atoms in total. The largest absolute Gasteiger partial charge is 0.416 e. The standard InChI is InChI=1S/C21H13Cl2F3N4O2/c22-14-4-5-16(17(23)7-14)19-8-18(29-32-19)20(31)28-15-9-27-30(11-15)10-12-2-1-3-13(6-12)21(24,25)26/h1-9,11H,10H2,(H,28,31). The van der Waals surface area contributed by atoms with Crippen molar-refractivity contribution in [1.82, 2.24) is 14.9 Å². The maximum Gasteiger partial charge on any atom is 0.416 e. The van der Waals surface area contributed by atoms with Crippen molar-refractivity contribution < 1.29 is 22.5 Å². The minimum atomic E-state index is -4.42. The van der Waals surface area contributed by atoms with Crippen molar-refractivity contribution in [3.63, 3.8) is 0 Å². The summed E-state index contributed by atoms with van der Waals surface area (Å²) in [6.45, 7) is 0.100. The van der Waals surface area contributed by atoms with Crippen LogP contribution in [0.4, 0.5) is 18.9 Å². The monoisotopic (exact) mass is 480 g/mol. The van der Waals surface area contributed by atoms with Crippen molar-refractivity contribution >= 4 is 34.8 Å². The molecule has 0 atom stereocenters. The summed E-state index contributed by atoms with van der Waals surface area (Å²) in [6.07, 6.45) is -1.55. The number of halogens is 5. The number of carbonyl (C=O) groups excluding carboxylic acids is 1.